The van der Waals surface area contributed by atoms with E-state index >= 15 is 0 Å². The molecule has 3 aliphatic rings. The van der Waals surface area contributed by atoms with Crippen molar-refractivity contribution in [2.75, 3.05) is 51.3 Å². The van der Waals surface area contributed by atoms with E-state index in [1.165, 1.54) is 0 Å². The van der Waals surface area contributed by atoms with E-state index in [4.69, 9.17) is 16.3 Å². The molecule has 0 bridgehead atoms. The molecule has 1 fully saturated rings. The number of carbonyl (C=O) groups excluding carboxylic acids is 2. The van der Waals surface area contributed by atoms with Crippen LogP contribution in [-0.2, 0) is 16.0 Å². The highest BCUT2D eigenvalue weighted by Gasteiger charge is 2.31. The molecule has 0 radical (unpaired) electrons. The van der Waals surface area contributed by atoms with E-state index in [2.05, 4.69) is 15.2 Å². The van der Waals surface area contributed by atoms with Gasteiger partial charge in [-0.1, -0.05) is 11.6 Å². The first-order valence-corrected chi connectivity index (χ1v) is 11.6. The van der Waals surface area contributed by atoms with Crippen molar-refractivity contribution in [3.05, 3.63) is 51.3 Å². The summed E-state index contributed by atoms with van der Waals surface area (Å²) in [6, 6.07) is 5.29. The average Bonchev–Trinajstić information content (AvgIpc) is 3.27. The molecule has 0 saturated carbocycles. The highest BCUT2D eigenvalue weighted by atomic mass is 35.5. The van der Waals surface area contributed by atoms with Gasteiger partial charge in [-0.15, -0.1) is 0 Å². The Morgan fingerprint density at radius 3 is 2.79 bits per heavy atom. The number of hydrogen-bond acceptors (Lipinski definition) is 5. The van der Waals surface area contributed by atoms with Crippen LogP contribution in [0.4, 0.5) is 5.69 Å². The average molecular weight is 471 g/mol. The van der Waals surface area contributed by atoms with Crippen LogP contribution in [-0.4, -0.2) is 83.7 Å². The van der Waals surface area contributed by atoms with Gasteiger partial charge in [-0.05, 0) is 36.8 Å². The van der Waals surface area contributed by atoms with Gasteiger partial charge in [0.2, 0.25) is 0 Å². The van der Waals surface area contributed by atoms with E-state index in [0.717, 1.165) is 41.3 Å². The molecule has 1 saturated heterocycles. The Kier molecular flexibility index (Phi) is 6.01. The molecule has 2 aromatic rings. The van der Waals surface area contributed by atoms with Crippen molar-refractivity contribution >= 4 is 40.8 Å². The summed E-state index contributed by atoms with van der Waals surface area (Å²) in [5, 5.41) is 14.0. The number of fused-ring (bicyclic) bond motifs is 2. The number of aliphatic hydroxyl groups excluding tert-OH is 1. The number of benzene rings is 1. The number of halogens is 1. The van der Waals surface area contributed by atoms with Crippen molar-refractivity contribution in [3.63, 3.8) is 0 Å². The van der Waals surface area contributed by atoms with Gasteiger partial charge in [0.25, 0.3) is 11.8 Å². The standard InChI is InChI=1S/C24H27ClN4O4/c1-14-21(11-18-17-10-15(25)2-3-19(17)27-23(18)31)26-20-4-5-29(24(32)22(14)20)13-16(30)12-28-6-8-33-9-7-28/h2-3,10-11,16,26,30H,4-9,12-13H2,1H3,(H,27,31)/t16-/m0/s1. The molecule has 0 aliphatic carbocycles. The molecule has 33 heavy (non-hydrogen) atoms. The Hall–Kier alpha value is -2.65. The summed E-state index contributed by atoms with van der Waals surface area (Å²) in [5.41, 5.74) is 5.03. The second-order valence-corrected chi connectivity index (χ2v) is 9.22. The molecular weight excluding hydrogens is 444 g/mol. The number of nitrogens with zero attached hydrogens (tertiary/aromatic N) is 2. The molecule has 9 heteroatoms. The predicted octanol–water partition coefficient (Wildman–Crippen LogP) is 2.16. The van der Waals surface area contributed by atoms with E-state index in [9.17, 15) is 14.7 Å². The molecule has 2 amide bonds. The summed E-state index contributed by atoms with van der Waals surface area (Å²) < 4.78 is 5.35. The minimum atomic E-state index is -0.613. The number of aromatic amines is 1. The van der Waals surface area contributed by atoms with Gasteiger partial charge in [0.05, 0.1) is 30.5 Å². The third-order valence-corrected chi connectivity index (χ3v) is 6.79. The van der Waals surface area contributed by atoms with Crippen LogP contribution in [0.25, 0.3) is 11.6 Å². The molecule has 0 spiro atoms. The lowest BCUT2D eigenvalue weighted by molar-refractivity contribution is -0.110. The molecule has 1 aromatic heterocycles. The summed E-state index contributed by atoms with van der Waals surface area (Å²) in [6.07, 6.45) is 1.85. The fraction of sp³-hybridized carbons (Fsp3) is 0.417. The summed E-state index contributed by atoms with van der Waals surface area (Å²) in [5.74, 6) is -0.284. The molecule has 8 nitrogen and oxygen atoms in total. The third kappa shape index (κ3) is 4.31. The third-order valence-electron chi connectivity index (χ3n) is 6.56. The molecular formula is C24H27ClN4O4. The smallest absolute Gasteiger partial charge is 0.256 e. The van der Waals surface area contributed by atoms with E-state index < -0.39 is 6.10 Å². The van der Waals surface area contributed by atoms with Crippen LogP contribution in [0.1, 0.15) is 32.9 Å². The Labute approximate surface area is 197 Å². The summed E-state index contributed by atoms with van der Waals surface area (Å²) in [4.78, 5) is 33.0. The maximum absolute atomic E-state index is 13.3. The lowest BCUT2D eigenvalue weighted by Crippen LogP contribution is -2.47. The Morgan fingerprint density at radius 1 is 1.21 bits per heavy atom. The van der Waals surface area contributed by atoms with Crippen molar-refractivity contribution in [1.29, 1.82) is 0 Å². The quantitative estimate of drug-likeness (QED) is 0.582. The topological polar surface area (TPSA) is 97.9 Å². The molecule has 174 valence electrons. The molecule has 5 rings (SSSR count). The first kappa shape index (κ1) is 22.2. The normalized spacial score (nSPS) is 20.7. The van der Waals surface area contributed by atoms with E-state index in [1.807, 2.05) is 6.92 Å². The van der Waals surface area contributed by atoms with Crippen LogP contribution in [0.15, 0.2) is 18.2 Å². The Bertz CT molecular complexity index is 1140. The van der Waals surface area contributed by atoms with Gasteiger partial charge in [-0.3, -0.25) is 14.5 Å². The van der Waals surface area contributed by atoms with Gasteiger partial charge < -0.3 is 25.0 Å². The molecule has 1 atom stereocenters. The molecule has 0 unspecified atom stereocenters. The molecule has 4 heterocycles. The number of aliphatic hydroxyl groups is 1. The maximum Gasteiger partial charge on any atom is 0.256 e. The minimum absolute atomic E-state index is 0.0880. The monoisotopic (exact) mass is 470 g/mol. The number of aromatic nitrogens is 1. The lowest BCUT2D eigenvalue weighted by Gasteiger charge is -2.32. The number of carbonyl (C=O) groups is 2. The van der Waals surface area contributed by atoms with Crippen molar-refractivity contribution in [3.8, 4) is 0 Å². The number of ether oxygens (including phenoxy) is 1. The number of nitrogens with one attached hydrogen (secondary N) is 2. The second-order valence-electron chi connectivity index (χ2n) is 8.79. The van der Waals surface area contributed by atoms with Gasteiger partial charge in [-0.25, -0.2) is 0 Å². The Balaban J connectivity index is 1.35. The zero-order valence-electron chi connectivity index (χ0n) is 18.5. The van der Waals surface area contributed by atoms with Crippen LogP contribution in [0.5, 0.6) is 0 Å². The van der Waals surface area contributed by atoms with Gasteiger partial charge in [0.15, 0.2) is 0 Å². The number of morpholine rings is 1. The van der Waals surface area contributed by atoms with Crippen LogP contribution >= 0.6 is 11.6 Å². The van der Waals surface area contributed by atoms with Crippen molar-refractivity contribution in [1.82, 2.24) is 14.8 Å². The number of β-amino-alcohol motifs (C(OH)–C–C–N with tert-alkyl or cyclic N) is 1. The number of anilines is 1. The Morgan fingerprint density at radius 2 is 2.00 bits per heavy atom. The van der Waals surface area contributed by atoms with Crippen LogP contribution in [0, 0.1) is 6.92 Å². The molecule has 3 N–H and O–H groups in total. The fourth-order valence-corrected chi connectivity index (χ4v) is 5.00. The van der Waals surface area contributed by atoms with Crippen molar-refractivity contribution in [2.24, 2.45) is 0 Å². The van der Waals surface area contributed by atoms with Gasteiger partial charge in [0.1, 0.15) is 0 Å². The van der Waals surface area contributed by atoms with Crippen LogP contribution in [0.3, 0.4) is 0 Å². The lowest BCUT2D eigenvalue weighted by atomic mass is 10.0. The van der Waals surface area contributed by atoms with Crippen molar-refractivity contribution < 1.29 is 19.4 Å². The number of rotatable bonds is 5. The summed E-state index contributed by atoms with van der Waals surface area (Å²) >= 11 is 6.14. The van der Waals surface area contributed by atoms with Gasteiger partial charge in [0, 0.05) is 66.8 Å². The van der Waals surface area contributed by atoms with Gasteiger partial charge in [-0.2, -0.15) is 0 Å². The largest absolute Gasteiger partial charge is 0.390 e. The highest BCUT2D eigenvalue weighted by molar-refractivity contribution is 6.36. The van der Waals surface area contributed by atoms with E-state index in [-0.39, 0.29) is 11.8 Å². The van der Waals surface area contributed by atoms with Crippen molar-refractivity contribution in [2.45, 2.75) is 19.4 Å². The van der Waals surface area contributed by atoms with E-state index in [0.29, 0.717) is 55.4 Å². The number of hydrogen-bond donors (Lipinski definition) is 3. The fourth-order valence-electron chi connectivity index (χ4n) is 4.82. The first-order valence-electron chi connectivity index (χ1n) is 11.2. The zero-order valence-corrected chi connectivity index (χ0v) is 19.2. The summed E-state index contributed by atoms with van der Waals surface area (Å²) in [7, 11) is 0. The van der Waals surface area contributed by atoms with Gasteiger partial charge >= 0.3 is 0 Å². The van der Waals surface area contributed by atoms with E-state index in [1.54, 1.807) is 29.2 Å². The van der Waals surface area contributed by atoms with Crippen LogP contribution in [0.2, 0.25) is 5.02 Å². The first-order chi connectivity index (χ1) is 15.9. The number of H-pyrrole nitrogens is 1. The molecule has 1 aromatic carbocycles. The zero-order chi connectivity index (χ0) is 23.1. The maximum atomic E-state index is 13.3. The highest BCUT2D eigenvalue weighted by Crippen LogP contribution is 2.36. The van der Waals surface area contributed by atoms with Crippen LogP contribution < -0.4 is 5.32 Å². The summed E-state index contributed by atoms with van der Waals surface area (Å²) in [6.45, 7) is 6.20. The SMILES string of the molecule is Cc1c(C=C2C(=O)Nc3ccc(Cl)cc32)[nH]c2c1C(=O)N(C[C@@H](O)CN1CCOCC1)CC2. The molecule has 3 aliphatic heterocycles. The number of amides is 2. The minimum Gasteiger partial charge on any atom is -0.390 e. The second kappa shape index (κ2) is 8.95. The predicted molar refractivity (Wildman–Crippen MR) is 126 cm³/mol.